The van der Waals surface area contributed by atoms with Crippen molar-refractivity contribution >= 4 is 5.91 Å². The minimum Gasteiger partial charge on any atom is -0.338 e. The van der Waals surface area contributed by atoms with Gasteiger partial charge in [-0.15, -0.1) is 12.3 Å². The molecule has 2 nitrogen and oxygen atoms in total. The van der Waals surface area contributed by atoms with Crippen molar-refractivity contribution in [3.05, 3.63) is 0 Å². The number of carbonyl (C=O) groups is 1. The van der Waals surface area contributed by atoms with Gasteiger partial charge in [-0.3, -0.25) is 4.79 Å². The van der Waals surface area contributed by atoms with E-state index in [4.69, 9.17) is 6.42 Å². The average Bonchev–Trinajstić information content (AvgIpc) is 2.76. The molecule has 58 valence electrons. The molecule has 0 radical (unpaired) electrons. The molecule has 1 unspecified atom stereocenters. The molecule has 1 saturated carbocycles. The molecule has 1 aliphatic heterocycles. The van der Waals surface area contributed by atoms with E-state index in [0.29, 0.717) is 12.5 Å². The summed E-state index contributed by atoms with van der Waals surface area (Å²) >= 11 is 0. The Morgan fingerprint density at radius 1 is 1.55 bits per heavy atom. The van der Waals surface area contributed by atoms with Gasteiger partial charge in [0.25, 0.3) is 0 Å². The van der Waals surface area contributed by atoms with Gasteiger partial charge in [0.1, 0.15) is 0 Å². The molecule has 0 aromatic heterocycles. The summed E-state index contributed by atoms with van der Waals surface area (Å²) in [7, 11) is 0. The highest BCUT2D eigenvalue weighted by Crippen LogP contribution is 2.32. The second kappa shape index (κ2) is 2.27. The molecule has 1 amide bonds. The Kier molecular flexibility index (Phi) is 1.38. The van der Waals surface area contributed by atoms with Crippen LogP contribution in [0.1, 0.15) is 19.3 Å². The van der Waals surface area contributed by atoms with E-state index in [1.54, 1.807) is 0 Å². The van der Waals surface area contributed by atoms with Gasteiger partial charge in [-0.25, -0.2) is 0 Å². The van der Waals surface area contributed by atoms with Crippen molar-refractivity contribution in [3.63, 3.8) is 0 Å². The molecule has 2 fully saturated rings. The molecule has 1 atom stereocenters. The van der Waals surface area contributed by atoms with Gasteiger partial charge in [-0.05, 0) is 12.8 Å². The first-order valence-corrected chi connectivity index (χ1v) is 4.07. The summed E-state index contributed by atoms with van der Waals surface area (Å²) in [4.78, 5) is 13.2. The summed E-state index contributed by atoms with van der Waals surface area (Å²) in [6.07, 6.45) is 8.19. The summed E-state index contributed by atoms with van der Waals surface area (Å²) < 4.78 is 0. The first kappa shape index (κ1) is 6.72. The van der Waals surface area contributed by atoms with Crippen LogP contribution in [0.3, 0.4) is 0 Å². The number of amides is 1. The Morgan fingerprint density at radius 3 is 2.73 bits per heavy atom. The fourth-order valence-electron chi connectivity index (χ4n) is 1.58. The van der Waals surface area contributed by atoms with E-state index < -0.39 is 0 Å². The number of likely N-dealkylation sites (tertiary alicyclic amines) is 1. The van der Waals surface area contributed by atoms with E-state index in [2.05, 4.69) is 5.92 Å². The van der Waals surface area contributed by atoms with Gasteiger partial charge in [0.05, 0.1) is 0 Å². The number of hydrogen-bond donors (Lipinski definition) is 0. The average molecular weight is 149 g/mol. The molecule has 2 rings (SSSR count). The fraction of sp³-hybridized carbons (Fsp3) is 0.667. The van der Waals surface area contributed by atoms with Gasteiger partial charge < -0.3 is 4.90 Å². The van der Waals surface area contributed by atoms with Crippen LogP contribution in [0, 0.1) is 18.3 Å². The standard InChI is InChI=1S/C9H11NO/c1-2-7-5-9(11)10(6-7)8-3-4-8/h1,7-8H,3-6H2. The molecule has 0 bridgehead atoms. The van der Waals surface area contributed by atoms with Crippen LogP contribution in [0.15, 0.2) is 0 Å². The number of terminal acetylenes is 1. The molecule has 0 N–H and O–H groups in total. The van der Waals surface area contributed by atoms with Crippen molar-refractivity contribution in [2.45, 2.75) is 25.3 Å². The second-order valence-electron chi connectivity index (χ2n) is 3.34. The monoisotopic (exact) mass is 149 g/mol. The van der Waals surface area contributed by atoms with Gasteiger partial charge in [-0.2, -0.15) is 0 Å². The lowest BCUT2D eigenvalue weighted by Crippen LogP contribution is -2.27. The zero-order valence-corrected chi connectivity index (χ0v) is 6.42. The van der Waals surface area contributed by atoms with Crippen LogP contribution in [-0.2, 0) is 4.79 Å². The SMILES string of the molecule is C#CC1CC(=O)N(C2CC2)C1. The number of nitrogens with zero attached hydrogens (tertiary/aromatic N) is 1. The van der Waals surface area contributed by atoms with Crippen molar-refractivity contribution in [1.29, 1.82) is 0 Å². The molecular formula is C9H11NO. The lowest BCUT2D eigenvalue weighted by Gasteiger charge is -2.13. The maximum absolute atomic E-state index is 11.3. The molecule has 1 aliphatic carbocycles. The molecular weight excluding hydrogens is 138 g/mol. The minimum absolute atomic E-state index is 0.183. The van der Waals surface area contributed by atoms with E-state index >= 15 is 0 Å². The Balaban J connectivity index is 2.02. The van der Waals surface area contributed by atoms with Gasteiger partial charge in [0, 0.05) is 24.9 Å². The van der Waals surface area contributed by atoms with Gasteiger partial charge in [0.2, 0.25) is 5.91 Å². The Bertz CT molecular complexity index is 224. The van der Waals surface area contributed by atoms with Crippen LogP contribution in [0.4, 0.5) is 0 Å². The van der Waals surface area contributed by atoms with E-state index in [1.165, 1.54) is 12.8 Å². The van der Waals surface area contributed by atoms with Crippen molar-refractivity contribution in [2.24, 2.45) is 5.92 Å². The van der Waals surface area contributed by atoms with Crippen molar-refractivity contribution in [2.75, 3.05) is 6.54 Å². The predicted octanol–water partition coefficient (Wildman–Crippen LogP) is 0.631. The lowest BCUT2D eigenvalue weighted by molar-refractivity contribution is -0.128. The van der Waals surface area contributed by atoms with Crippen LogP contribution >= 0.6 is 0 Å². The quantitative estimate of drug-likeness (QED) is 0.501. The maximum atomic E-state index is 11.3. The smallest absolute Gasteiger partial charge is 0.224 e. The van der Waals surface area contributed by atoms with Crippen LogP contribution in [0.2, 0.25) is 0 Å². The minimum atomic E-state index is 0.183. The zero-order valence-electron chi connectivity index (χ0n) is 6.42. The molecule has 0 aromatic carbocycles. The summed E-state index contributed by atoms with van der Waals surface area (Å²) in [6.45, 7) is 0.806. The highest BCUT2D eigenvalue weighted by atomic mass is 16.2. The first-order chi connectivity index (χ1) is 5.31. The largest absolute Gasteiger partial charge is 0.338 e. The van der Waals surface area contributed by atoms with Crippen molar-refractivity contribution in [3.8, 4) is 12.3 Å². The third kappa shape index (κ3) is 1.11. The number of rotatable bonds is 1. The summed E-state index contributed by atoms with van der Waals surface area (Å²) in [5, 5.41) is 0. The Hall–Kier alpha value is -0.970. The van der Waals surface area contributed by atoms with Gasteiger partial charge in [-0.1, -0.05) is 0 Å². The third-order valence-electron chi connectivity index (χ3n) is 2.38. The molecule has 11 heavy (non-hydrogen) atoms. The maximum Gasteiger partial charge on any atom is 0.224 e. The summed E-state index contributed by atoms with van der Waals surface area (Å²) in [5.41, 5.74) is 0. The van der Waals surface area contributed by atoms with Crippen molar-refractivity contribution < 1.29 is 4.79 Å². The van der Waals surface area contributed by atoms with Crippen molar-refractivity contribution in [1.82, 2.24) is 4.90 Å². The topological polar surface area (TPSA) is 20.3 Å². The molecule has 0 aromatic rings. The highest BCUT2D eigenvalue weighted by Gasteiger charge is 2.38. The summed E-state index contributed by atoms with van der Waals surface area (Å²) in [6, 6.07) is 0.542. The fourth-order valence-corrected chi connectivity index (χ4v) is 1.58. The van der Waals surface area contributed by atoms with Gasteiger partial charge >= 0.3 is 0 Å². The Morgan fingerprint density at radius 2 is 2.27 bits per heavy atom. The Labute approximate surface area is 66.6 Å². The van der Waals surface area contributed by atoms with E-state index in [9.17, 15) is 4.79 Å². The van der Waals surface area contributed by atoms with Crippen LogP contribution in [0.25, 0.3) is 0 Å². The third-order valence-corrected chi connectivity index (χ3v) is 2.38. The lowest BCUT2D eigenvalue weighted by atomic mass is 10.1. The van der Waals surface area contributed by atoms with Crippen LogP contribution in [0.5, 0.6) is 0 Å². The van der Waals surface area contributed by atoms with Gasteiger partial charge in [0.15, 0.2) is 0 Å². The number of hydrogen-bond acceptors (Lipinski definition) is 1. The van der Waals surface area contributed by atoms with Crippen LogP contribution < -0.4 is 0 Å². The molecule has 1 saturated heterocycles. The molecule has 2 heteroatoms. The molecule has 2 aliphatic rings. The molecule has 0 spiro atoms. The van der Waals surface area contributed by atoms with E-state index in [-0.39, 0.29) is 11.8 Å². The highest BCUT2D eigenvalue weighted by molar-refractivity contribution is 5.79. The number of carbonyl (C=O) groups excluding carboxylic acids is 1. The summed E-state index contributed by atoms with van der Waals surface area (Å²) in [5.74, 6) is 3.09. The zero-order chi connectivity index (χ0) is 7.84. The molecule has 1 heterocycles. The second-order valence-corrected chi connectivity index (χ2v) is 3.34. The van der Waals surface area contributed by atoms with E-state index in [1.807, 2.05) is 4.90 Å². The van der Waals surface area contributed by atoms with E-state index in [0.717, 1.165) is 6.54 Å². The first-order valence-electron chi connectivity index (χ1n) is 4.07. The predicted molar refractivity (Wildman–Crippen MR) is 41.7 cm³/mol. The van der Waals surface area contributed by atoms with Crippen LogP contribution in [-0.4, -0.2) is 23.4 Å². The normalized spacial score (nSPS) is 30.6.